The van der Waals surface area contributed by atoms with Gasteiger partial charge < -0.3 is 4.74 Å². The molecule has 33 heavy (non-hydrogen) atoms. The number of thioether (sulfide) groups is 1. The van der Waals surface area contributed by atoms with E-state index in [1.807, 2.05) is 62.4 Å². The molecule has 3 aromatic carbocycles. The molecular weight excluding hydrogens is 561 g/mol. The van der Waals surface area contributed by atoms with E-state index in [1.165, 1.54) is 11.8 Å². The van der Waals surface area contributed by atoms with Crippen molar-refractivity contribution in [3.63, 3.8) is 0 Å². The average molecular weight is 579 g/mol. The Morgan fingerprint density at radius 3 is 2.61 bits per heavy atom. The molecule has 1 saturated heterocycles. The minimum atomic E-state index is -0.149. The monoisotopic (exact) mass is 577 g/mol. The van der Waals surface area contributed by atoms with E-state index in [4.69, 9.17) is 40.2 Å². The lowest BCUT2D eigenvalue weighted by atomic mass is 10.1. The summed E-state index contributed by atoms with van der Waals surface area (Å²) in [7, 11) is 0. The number of aryl methyl sites for hydroxylation is 2. The van der Waals surface area contributed by atoms with Crippen LogP contribution in [0.3, 0.4) is 0 Å². The van der Waals surface area contributed by atoms with Crippen LogP contribution in [0.25, 0.3) is 6.08 Å². The van der Waals surface area contributed by atoms with Crippen molar-refractivity contribution >= 4 is 85.1 Å². The smallest absolute Gasteiger partial charge is 0.270 e. The van der Waals surface area contributed by atoms with Gasteiger partial charge in [-0.05, 0) is 61.9 Å². The van der Waals surface area contributed by atoms with Gasteiger partial charge in [-0.1, -0.05) is 86.9 Å². The highest BCUT2D eigenvalue weighted by atomic mass is 79.9. The summed E-state index contributed by atoms with van der Waals surface area (Å²) in [5, 5.41) is 1.11. The first kappa shape index (κ1) is 24.3. The van der Waals surface area contributed by atoms with Crippen molar-refractivity contribution in [1.29, 1.82) is 0 Å². The SMILES string of the molecule is Cc1ccc(N2C(=O)/C(=C\c3cc(Br)ccc3OCc3ccc(Cl)cc3Cl)SC2=S)c(C)c1. The van der Waals surface area contributed by atoms with Crippen molar-refractivity contribution in [2.75, 3.05) is 4.90 Å². The van der Waals surface area contributed by atoms with E-state index < -0.39 is 0 Å². The highest BCUT2D eigenvalue weighted by Crippen LogP contribution is 2.39. The minimum Gasteiger partial charge on any atom is -0.488 e. The first-order chi connectivity index (χ1) is 15.7. The van der Waals surface area contributed by atoms with Gasteiger partial charge in [0.05, 0.1) is 10.6 Å². The number of amides is 1. The van der Waals surface area contributed by atoms with Gasteiger partial charge in [0, 0.05) is 25.6 Å². The Labute approximate surface area is 220 Å². The summed E-state index contributed by atoms with van der Waals surface area (Å²) in [6.07, 6.45) is 1.81. The normalized spacial score (nSPS) is 14.9. The van der Waals surface area contributed by atoms with Gasteiger partial charge in [0.15, 0.2) is 4.32 Å². The predicted octanol–water partition coefficient (Wildman–Crippen LogP) is 8.36. The van der Waals surface area contributed by atoms with Crippen molar-refractivity contribution in [2.24, 2.45) is 0 Å². The van der Waals surface area contributed by atoms with Gasteiger partial charge in [0.1, 0.15) is 12.4 Å². The van der Waals surface area contributed by atoms with Crippen LogP contribution < -0.4 is 9.64 Å². The molecular formula is C25H18BrCl2NO2S2. The molecule has 0 saturated carbocycles. The maximum absolute atomic E-state index is 13.3. The van der Waals surface area contributed by atoms with Gasteiger partial charge in [0.2, 0.25) is 0 Å². The Morgan fingerprint density at radius 1 is 1.09 bits per heavy atom. The molecule has 0 atom stereocenters. The van der Waals surface area contributed by atoms with Crippen molar-refractivity contribution in [3.05, 3.63) is 96.3 Å². The van der Waals surface area contributed by atoms with E-state index in [0.717, 1.165) is 32.4 Å². The third kappa shape index (κ3) is 5.47. The Bertz CT molecular complexity index is 1310. The average Bonchev–Trinajstić information content (AvgIpc) is 3.02. The molecule has 3 nitrogen and oxygen atoms in total. The standard InChI is InChI=1S/C25H18BrCl2NO2S2/c1-14-3-7-21(15(2)9-14)29-24(30)23(33-25(29)32)11-17-10-18(26)5-8-22(17)31-13-16-4-6-19(27)12-20(16)28/h3-12H,13H2,1-2H3/b23-11+. The summed E-state index contributed by atoms with van der Waals surface area (Å²) in [5.41, 5.74) is 4.51. The van der Waals surface area contributed by atoms with Gasteiger partial charge in [-0.15, -0.1) is 0 Å². The Kier molecular flexibility index (Phi) is 7.51. The number of anilines is 1. The Morgan fingerprint density at radius 2 is 1.88 bits per heavy atom. The first-order valence-electron chi connectivity index (χ1n) is 9.94. The summed E-state index contributed by atoms with van der Waals surface area (Å²) < 4.78 is 7.43. The summed E-state index contributed by atoms with van der Waals surface area (Å²) >= 11 is 22.6. The van der Waals surface area contributed by atoms with Crippen LogP contribution in [-0.4, -0.2) is 10.2 Å². The van der Waals surface area contributed by atoms with Crippen molar-refractivity contribution < 1.29 is 9.53 Å². The lowest BCUT2D eigenvalue weighted by molar-refractivity contribution is -0.113. The molecule has 0 unspecified atom stereocenters. The summed E-state index contributed by atoms with van der Waals surface area (Å²) in [4.78, 5) is 15.4. The van der Waals surface area contributed by atoms with Crippen LogP contribution in [0, 0.1) is 13.8 Å². The quantitative estimate of drug-likeness (QED) is 0.225. The minimum absolute atomic E-state index is 0.149. The topological polar surface area (TPSA) is 29.5 Å². The van der Waals surface area contributed by atoms with Gasteiger partial charge in [-0.25, -0.2) is 0 Å². The fourth-order valence-corrected chi connectivity index (χ4v) is 5.55. The molecule has 168 valence electrons. The van der Waals surface area contributed by atoms with E-state index >= 15 is 0 Å². The number of rotatable bonds is 5. The fourth-order valence-electron chi connectivity index (χ4n) is 3.43. The zero-order valence-corrected chi connectivity index (χ0v) is 22.4. The van der Waals surface area contributed by atoms with E-state index in [-0.39, 0.29) is 12.5 Å². The highest BCUT2D eigenvalue weighted by molar-refractivity contribution is 9.10. The Hall–Kier alpha value is -1.83. The van der Waals surface area contributed by atoms with Gasteiger partial charge >= 0.3 is 0 Å². The molecule has 0 radical (unpaired) electrons. The Balaban J connectivity index is 1.62. The van der Waals surface area contributed by atoms with Crippen LogP contribution in [0.2, 0.25) is 10.0 Å². The number of thiocarbonyl (C=S) groups is 1. The number of halogens is 3. The van der Waals surface area contributed by atoms with Gasteiger partial charge in [-0.3, -0.25) is 9.69 Å². The third-order valence-corrected chi connectivity index (χ3v) is 7.43. The van der Waals surface area contributed by atoms with E-state index in [0.29, 0.717) is 25.0 Å². The van der Waals surface area contributed by atoms with Crippen molar-refractivity contribution in [3.8, 4) is 5.75 Å². The molecule has 0 aromatic heterocycles. The number of carbonyl (C=O) groups is 1. The number of ether oxygens (including phenoxy) is 1. The maximum Gasteiger partial charge on any atom is 0.270 e. The summed E-state index contributed by atoms with van der Waals surface area (Å²) in [5.74, 6) is 0.477. The van der Waals surface area contributed by atoms with E-state index in [9.17, 15) is 4.79 Å². The van der Waals surface area contributed by atoms with Crippen LogP contribution in [0.1, 0.15) is 22.3 Å². The van der Waals surface area contributed by atoms with Crippen LogP contribution in [0.5, 0.6) is 5.75 Å². The van der Waals surface area contributed by atoms with Crippen LogP contribution in [0.4, 0.5) is 5.69 Å². The lowest BCUT2D eigenvalue weighted by Gasteiger charge is -2.17. The molecule has 1 aliphatic rings. The van der Waals surface area contributed by atoms with Gasteiger partial charge in [0.25, 0.3) is 5.91 Å². The molecule has 1 amide bonds. The van der Waals surface area contributed by atoms with Crippen LogP contribution >= 0.6 is 63.1 Å². The van der Waals surface area contributed by atoms with Crippen molar-refractivity contribution in [2.45, 2.75) is 20.5 Å². The largest absolute Gasteiger partial charge is 0.488 e. The van der Waals surface area contributed by atoms with Crippen LogP contribution in [0.15, 0.2) is 64.0 Å². The highest BCUT2D eigenvalue weighted by Gasteiger charge is 2.34. The van der Waals surface area contributed by atoms with E-state index in [2.05, 4.69) is 15.9 Å². The maximum atomic E-state index is 13.3. The van der Waals surface area contributed by atoms with Crippen LogP contribution in [-0.2, 0) is 11.4 Å². The van der Waals surface area contributed by atoms with Crippen molar-refractivity contribution in [1.82, 2.24) is 0 Å². The molecule has 8 heteroatoms. The number of hydrogen-bond donors (Lipinski definition) is 0. The molecule has 3 aromatic rings. The lowest BCUT2D eigenvalue weighted by Crippen LogP contribution is -2.28. The number of benzene rings is 3. The molecule has 0 bridgehead atoms. The number of hydrogen-bond acceptors (Lipinski definition) is 4. The number of nitrogens with zero attached hydrogens (tertiary/aromatic N) is 1. The predicted molar refractivity (Wildman–Crippen MR) is 147 cm³/mol. The molecule has 0 spiro atoms. The summed E-state index contributed by atoms with van der Waals surface area (Å²) in [6.45, 7) is 4.27. The molecule has 0 aliphatic carbocycles. The fraction of sp³-hybridized carbons (Fsp3) is 0.120. The zero-order chi connectivity index (χ0) is 23.7. The molecule has 0 N–H and O–H groups in total. The van der Waals surface area contributed by atoms with Gasteiger partial charge in [-0.2, -0.15) is 0 Å². The third-order valence-electron chi connectivity index (χ3n) is 5.04. The molecule has 1 aliphatic heterocycles. The zero-order valence-electron chi connectivity index (χ0n) is 17.7. The molecule has 1 fully saturated rings. The second kappa shape index (κ2) is 10.2. The first-order valence-corrected chi connectivity index (χ1v) is 12.7. The summed E-state index contributed by atoms with van der Waals surface area (Å²) in [6, 6.07) is 16.9. The number of carbonyl (C=O) groups excluding carboxylic acids is 1. The second-order valence-corrected chi connectivity index (χ2v) is 10.9. The second-order valence-electron chi connectivity index (χ2n) is 7.51. The van der Waals surface area contributed by atoms with E-state index in [1.54, 1.807) is 17.0 Å². The molecule has 4 rings (SSSR count). The molecule has 1 heterocycles.